The number of hydrogen-bond donors (Lipinski definition) is 4. The van der Waals surface area contributed by atoms with Crippen LogP contribution >= 0.6 is 12.2 Å². The summed E-state index contributed by atoms with van der Waals surface area (Å²) in [6.45, 7) is 4.89. The molecule has 0 radical (unpaired) electrons. The number of amides is 1. The zero-order valence-corrected chi connectivity index (χ0v) is 17.1. The third-order valence-electron chi connectivity index (χ3n) is 4.11. The summed E-state index contributed by atoms with van der Waals surface area (Å²) >= 11 is 5.07. The van der Waals surface area contributed by atoms with Crippen molar-refractivity contribution in [1.82, 2.24) is 20.9 Å². The van der Waals surface area contributed by atoms with Crippen molar-refractivity contribution in [3.05, 3.63) is 29.3 Å². The van der Waals surface area contributed by atoms with Gasteiger partial charge in [0.05, 0.1) is 11.0 Å². The third kappa shape index (κ3) is 7.06. The van der Waals surface area contributed by atoms with Crippen LogP contribution in [-0.4, -0.2) is 45.2 Å². The summed E-state index contributed by atoms with van der Waals surface area (Å²) in [6, 6.07) is 5.21. The molecule has 0 aromatic heterocycles. The van der Waals surface area contributed by atoms with Gasteiger partial charge in [0, 0.05) is 26.1 Å². The molecule has 1 aliphatic heterocycles. The van der Waals surface area contributed by atoms with E-state index in [0.717, 1.165) is 25.0 Å². The van der Waals surface area contributed by atoms with Gasteiger partial charge >= 0.3 is 0 Å². The first-order valence-corrected chi connectivity index (χ1v) is 10.7. The van der Waals surface area contributed by atoms with Crippen LogP contribution in [0.2, 0.25) is 0 Å². The lowest BCUT2D eigenvalue weighted by Crippen LogP contribution is -2.48. The molecule has 1 aromatic carbocycles. The summed E-state index contributed by atoms with van der Waals surface area (Å²) in [6.07, 6.45) is 2.15. The molecule has 0 saturated carbocycles. The van der Waals surface area contributed by atoms with E-state index in [-0.39, 0.29) is 35.0 Å². The summed E-state index contributed by atoms with van der Waals surface area (Å²) in [5, 5.41) is 3.25. The number of sulfonamides is 1. The van der Waals surface area contributed by atoms with Crippen molar-refractivity contribution in [3.8, 4) is 0 Å². The number of rotatable bonds is 7. The van der Waals surface area contributed by atoms with E-state index in [4.69, 9.17) is 17.0 Å². The Hall–Kier alpha value is -1.75. The lowest BCUT2D eigenvalue weighted by atomic mass is 10.2. The van der Waals surface area contributed by atoms with Crippen molar-refractivity contribution in [1.29, 1.82) is 0 Å². The number of ether oxygens (including phenoxy) is 1. The van der Waals surface area contributed by atoms with Crippen molar-refractivity contribution in [2.45, 2.75) is 44.1 Å². The fourth-order valence-corrected chi connectivity index (χ4v) is 4.11. The molecule has 1 aromatic rings. The molecule has 10 heteroatoms. The van der Waals surface area contributed by atoms with E-state index in [1.807, 2.05) is 13.0 Å². The molecule has 1 aliphatic rings. The van der Waals surface area contributed by atoms with Crippen molar-refractivity contribution in [2.24, 2.45) is 0 Å². The van der Waals surface area contributed by atoms with Crippen LogP contribution in [0.25, 0.3) is 0 Å². The van der Waals surface area contributed by atoms with Gasteiger partial charge in [-0.3, -0.25) is 15.6 Å². The summed E-state index contributed by atoms with van der Waals surface area (Å²) in [5.41, 5.74) is 6.53. The highest BCUT2D eigenvalue weighted by atomic mass is 32.2. The van der Waals surface area contributed by atoms with Gasteiger partial charge in [0.1, 0.15) is 0 Å². The van der Waals surface area contributed by atoms with Crippen molar-refractivity contribution in [2.75, 3.05) is 19.7 Å². The Morgan fingerprint density at radius 1 is 1.30 bits per heavy atom. The quantitative estimate of drug-likeness (QED) is 0.383. The second kappa shape index (κ2) is 9.98. The lowest BCUT2D eigenvalue weighted by Gasteiger charge is -2.14. The fraction of sp³-hybridized carbons (Fsp3) is 0.529. The maximum Gasteiger partial charge on any atom is 0.240 e. The van der Waals surface area contributed by atoms with Crippen molar-refractivity contribution >= 4 is 33.3 Å². The fourth-order valence-electron chi connectivity index (χ4n) is 2.62. The van der Waals surface area contributed by atoms with Gasteiger partial charge in [0.15, 0.2) is 5.11 Å². The van der Waals surface area contributed by atoms with E-state index >= 15 is 0 Å². The Morgan fingerprint density at radius 2 is 2.07 bits per heavy atom. The van der Waals surface area contributed by atoms with E-state index in [1.54, 1.807) is 19.1 Å². The first kappa shape index (κ1) is 21.5. The zero-order chi connectivity index (χ0) is 19.9. The monoisotopic (exact) mass is 414 g/mol. The molecule has 2 rings (SSSR count). The number of benzene rings is 1. The van der Waals surface area contributed by atoms with Gasteiger partial charge < -0.3 is 10.1 Å². The number of aryl methyl sites for hydroxylation is 2. The van der Waals surface area contributed by atoms with Crippen LogP contribution in [0.1, 0.15) is 30.4 Å². The number of carbonyl (C=O) groups excluding carboxylic acids is 1. The Balaban J connectivity index is 1.69. The van der Waals surface area contributed by atoms with E-state index in [0.29, 0.717) is 12.1 Å². The standard InChI is InChI=1S/C17H26N4O4S2/c1-12-5-6-13(2)15(10-12)27(23,24)19-8-7-16(22)20-21-17(26)18-11-14-4-3-9-25-14/h5-6,10,14,19H,3-4,7-9,11H2,1-2H3,(H,20,22)(H2,18,21,26). The van der Waals surface area contributed by atoms with E-state index in [9.17, 15) is 13.2 Å². The highest BCUT2D eigenvalue weighted by Crippen LogP contribution is 2.16. The molecule has 0 bridgehead atoms. The Morgan fingerprint density at radius 3 is 2.78 bits per heavy atom. The summed E-state index contributed by atoms with van der Waals surface area (Å²) < 4.78 is 32.6. The van der Waals surface area contributed by atoms with E-state index in [1.165, 1.54) is 0 Å². The van der Waals surface area contributed by atoms with Crippen LogP contribution in [0.5, 0.6) is 0 Å². The second-order valence-corrected chi connectivity index (χ2v) is 8.58. The molecule has 0 aliphatic carbocycles. The largest absolute Gasteiger partial charge is 0.376 e. The zero-order valence-electron chi connectivity index (χ0n) is 15.5. The van der Waals surface area contributed by atoms with E-state index < -0.39 is 10.0 Å². The number of carbonyl (C=O) groups is 1. The topological polar surface area (TPSA) is 109 Å². The molecule has 1 amide bonds. The molecular weight excluding hydrogens is 388 g/mol. The maximum absolute atomic E-state index is 12.4. The molecule has 1 fully saturated rings. The number of hydrazine groups is 1. The van der Waals surface area contributed by atoms with Gasteiger partial charge in [0.2, 0.25) is 15.9 Å². The first-order valence-electron chi connectivity index (χ1n) is 8.79. The van der Waals surface area contributed by atoms with Crippen LogP contribution < -0.4 is 20.9 Å². The third-order valence-corrected chi connectivity index (χ3v) is 5.96. The minimum Gasteiger partial charge on any atom is -0.376 e. The smallest absolute Gasteiger partial charge is 0.240 e. The first-order chi connectivity index (χ1) is 12.8. The molecule has 1 unspecified atom stereocenters. The normalized spacial score (nSPS) is 16.7. The average Bonchev–Trinajstić information content (AvgIpc) is 3.13. The molecule has 1 saturated heterocycles. The minimum absolute atomic E-state index is 0.0146. The van der Waals surface area contributed by atoms with Gasteiger partial charge in [-0.05, 0) is 56.1 Å². The molecule has 1 atom stereocenters. The molecule has 4 N–H and O–H groups in total. The van der Waals surface area contributed by atoms with Crippen molar-refractivity contribution < 1.29 is 17.9 Å². The Kier molecular flexibility index (Phi) is 7.96. The predicted octanol–water partition coefficient (Wildman–Crippen LogP) is 0.646. The highest BCUT2D eigenvalue weighted by molar-refractivity contribution is 7.89. The van der Waals surface area contributed by atoms with Crippen LogP contribution in [-0.2, 0) is 19.6 Å². The van der Waals surface area contributed by atoms with Gasteiger partial charge in [-0.15, -0.1) is 0 Å². The predicted molar refractivity (Wildman–Crippen MR) is 107 cm³/mol. The Bertz CT molecular complexity index is 777. The summed E-state index contributed by atoms with van der Waals surface area (Å²) in [7, 11) is -3.66. The van der Waals surface area contributed by atoms with Crippen LogP contribution in [0.15, 0.2) is 23.1 Å². The van der Waals surface area contributed by atoms with Gasteiger partial charge in [-0.25, -0.2) is 13.1 Å². The van der Waals surface area contributed by atoms with Gasteiger partial charge in [-0.1, -0.05) is 12.1 Å². The summed E-state index contributed by atoms with van der Waals surface area (Å²) in [4.78, 5) is 12.1. The Labute approximate surface area is 165 Å². The maximum atomic E-state index is 12.4. The molecular formula is C17H26N4O4S2. The van der Waals surface area contributed by atoms with Gasteiger partial charge in [0.25, 0.3) is 0 Å². The second-order valence-electron chi connectivity index (χ2n) is 6.43. The molecule has 1 heterocycles. The van der Waals surface area contributed by atoms with Crippen molar-refractivity contribution in [3.63, 3.8) is 0 Å². The van der Waals surface area contributed by atoms with Crippen LogP contribution in [0.3, 0.4) is 0 Å². The van der Waals surface area contributed by atoms with Crippen LogP contribution in [0.4, 0.5) is 0 Å². The minimum atomic E-state index is -3.66. The van der Waals surface area contributed by atoms with E-state index in [2.05, 4.69) is 20.9 Å². The lowest BCUT2D eigenvalue weighted by molar-refractivity contribution is -0.121. The highest BCUT2D eigenvalue weighted by Gasteiger charge is 2.17. The van der Waals surface area contributed by atoms with Gasteiger partial charge in [-0.2, -0.15) is 0 Å². The summed E-state index contributed by atoms with van der Waals surface area (Å²) in [5.74, 6) is -0.375. The molecule has 150 valence electrons. The number of nitrogens with one attached hydrogen (secondary N) is 4. The molecule has 27 heavy (non-hydrogen) atoms. The van der Waals surface area contributed by atoms with Crippen LogP contribution in [0, 0.1) is 13.8 Å². The molecule has 8 nitrogen and oxygen atoms in total. The number of hydrogen-bond acceptors (Lipinski definition) is 5. The SMILES string of the molecule is Cc1ccc(C)c(S(=O)(=O)NCCC(=O)NNC(=S)NCC2CCCO2)c1. The number of thiocarbonyl (C=S) groups is 1. The molecule has 0 spiro atoms. The average molecular weight is 415 g/mol.